The molecule has 0 aliphatic carbocycles. The molecule has 2 aromatic heterocycles. The Morgan fingerprint density at radius 2 is 2.12 bits per heavy atom. The molecule has 0 spiro atoms. The maximum Gasteiger partial charge on any atom is 0.225 e. The van der Waals surface area contributed by atoms with Crippen molar-refractivity contribution < 1.29 is 4.79 Å². The highest BCUT2D eigenvalue weighted by Crippen LogP contribution is 2.24. The first-order valence-electron chi connectivity index (χ1n) is 8.97. The normalized spacial score (nSPS) is 16.6. The van der Waals surface area contributed by atoms with Gasteiger partial charge in [0.15, 0.2) is 0 Å². The van der Waals surface area contributed by atoms with Crippen LogP contribution >= 0.6 is 11.3 Å². The van der Waals surface area contributed by atoms with Crippen LogP contribution in [0.2, 0.25) is 0 Å². The first-order chi connectivity index (χ1) is 12.1. The van der Waals surface area contributed by atoms with Crippen LogP contribution in [-0.4, -0.2) is 40.4 Å². The van der Waals surface area contributed by atoms with Crippen LogP contribution in [0.1, 0.15) is 46.4 Å². The number of rotatable bonds is 6. The van der Waals surface area contributed by atoms with Crippen LogP contribution in [0.25, 0.3) is 0 Å². The Labute approximate surface area is 153 Å². The van der Waals surface area contributed by atoms with Crippen LogP contribution in [-0.2, 0) is 11.2 Å². The SMILES string of the molecule is Cc1nc(C)c(CC(=O)NC[C@H](c2cccnc2)N2CCCCC2)s1. The Bertz CT molecular complexity index is 695. The molecule has 2 aromatic rings. The lowest BCUT2D eigenvalue weighted by Crippen LogP contribution is -2.41. The number of pyridine rings is 1. The van der Waals surface area contributed by atoms with Crippen LogP contribution < -0.4 is 5.32 Å². The Hall–Kier alpha value is -1.79. The third-order valence-electron chi connectivity index (χ3n) is 4.71. The number of piperidine rings is 1. The molecule has 25 heavy (non-hydrogen) atoms. The van der Waals surface area contributed by atoms with Crippen molar-refractivity contribution in [1.29, 1.82) is 0 Å². The molecule has 0 radical (unpaired) electrons. The summed E-state index contributed by atoms with van der Waals surface area (Å²) in [7, 11) is 0. The number of amides is 1. The number of hydrogen-bond acceptors (Lipinski definition) is 5. The lowest BCUT2D eigenvalue weighted by Gasteiger charge is -2.34. The molecule has 1 N–H and O–H groups in total. The second kappa shape index (κ2) is 8.54. The van der Waals surface area contributed by atoms with Gasteiger partial charge in [-0.15, -0.1) is 11.3 Å². The van der Waals surface area contributed by atoms with Crippen LogP contribution in [0, 0.1) is 13.8 Å². The van der Waals surface area contributed by atoms with Crippen LogP contribution in [0.4, 0.5) is 0 Å². The Morgan fingerprint density at radius 1 is 1.32 bits per heavy atom. The van der Waals surface area contributed by atoms with Gasteiger partial charge < -0.3 is 5.32 Å². The van der Waals surface area contributed by atoms with Gasteiger partial charge in [-0.1, -0.05) is 12.5 Å². The third kappa shape index (κ3) is 4.86. The summed E-state index contributed by atoms with van der Waals surface area (Å²) in [6, 6.07) is 4.27. The predicted molar refractivity (Wildman–Crippen MR) is 101 cm³/mol. The van der Waals surface area contributed by atoms with Gasteiger partial charge in [0.1, 0.15) is 0 Å². The molecule has 134 valence electrons. The number of nitrogens with zero attached hydrogens (tertiary/aromatic N) is 3. The highest BCUT2D eigenvalue weighted by atomic mass is 32.1. The van der Waals surface area contributed by atoms with Gasteiger partial charge in [0.2, 0.25) is 5.91 Å². The monoisotopic (exact) mass is 358 g/mol. The molecule has 5 nitrogen and oxygen atoms in total. The molecule has 1 saturated heterocycles. The van der Waals surface area contributed by atoms with Gasteiger partial charge >= 0.3 is 0 Å². The van der Waals surface area contributed by atoms with Gasteiger partial charge in [-0.2, -0.15) is 0 Å². The highest BCUT2D eigenvalue weighted by molar-refractivity contribution is 7.11. The van der Waals surface area contributed by atoms with E-state index in [2.05, 4.69) is 26.3 Å². The second-order valence-electron chi connectivity index (χ2n) is 6.62. The first-order valence-corrected chi connectivity index (χ1v) is 9.78. The summed E-state index contributed by atoms with van der Waals surface area (Å²) in [6.45, 7) is 6.75. The van der Waals surface area contributed by atoms with Crippen molar-refractivity contribution in [3.8, 4) is 0 Å². The largest absolute Gasteiger partial charge is 0.354 e. The molecular formula is C19H26N4OS. The van der Waals surface area contributed by atoms with Crippen LogP contribution in [0.15, 0.2) is 24.5 Å². The number of carbonyl (C=O) groups excluding carboxylic acids is 1. The van der Waals surface area contributed by atoms with E-state index in [1.165, 1.54) is 24.8 Å². The van der Waals surface area contributed by atoms with E-state index in [-0.39, 0.29) is 11.9 Å². The number of aromatic nitrogens is 2. The zero-order chi connectivity index (χ0) is 17.6. The number of aryl methyl sites for hydroxylation is 2. The fourth-order valence-electron chi connectivity index (χ4n) is 3.42. The zero-order valence-corrected chi connectivity index (χ0v) is 15.8. The van der Waals surface area contributed by atoms with Gasteiger partial charge in [0.25, 0.3) is 0 Å². The summed E-state index contributed by atoms with van der Waals surface area (Å²) in [5.41, 5.74) is 2.15. The summed E-state index contributed by atoms with van der Waals surface area (Å²) in [5.74, 6) is 0.0673. The minimum absolute atomic E-state index is 0.0673. The summed E-state index contributed by atoms with van der Waals surface area (Å²) in [4.78, 5) is 24.6. The lowest BCUT2D eigenvalue weighted by atomic mass is 10.0. The van der Waals surface area contributed by atoms with Gasteiger partial charge in [-0.3, -0.25) is 14.7 Å². The van der Waals surface area contributed by atoms with E-state index in [9.17, 15) is 4.79 Å². The maximum atomic E-state index is 12.4. The van der Waals surface area contributed by atoms with E-state index in [1.54, 1.807) is 17.5 Å². The van der Waals surface area contributed by atoms with E-state index < -0.39 is 0 Å². The molecule has 1 aliphatic heterocycles. The summed E-state index contributed by atoms with van der Waals surface area (Å²) in [5, 5.41) is 4.15. The molecule has 6 heteroatoms. The minimum Gasteiger partial charge on any atom is -0.354 e. The standard InChI is InChI=1S/C19H26N4OS/c1-14-18(25-15(2)22-14)11-19(24)21-13-17(16-7-6-8-20-12-16)23-9-4-3-5-10-23/h6-8,12,17H,3-5,9-11,13H2,1-2H3,(H,21,24)/t17-/m1/s1. The van der Waals surface area contributed by atoms with Gasteiger partial charge in [-0.25, -0.2) is 4.98 Å². The first kappa shape index (κ1) is 18.0. The molecular weight excluding hydrogens is 332 g/mol. The van der Waals surface area contributed by atoms with Crippen molar-refractivity contribution in [2.45, 2.75) is 45.6 Å². The number of thiazole rings is 1. The van der Waals surface area contributed by atoms with Crippen molar-refractivity contribution in [2.24, 2.45) is 0 Å². The fourth-order valence-corrected chi connectivity index (χ4v) is 4.35. The molecule has 0 bridgehead atoms. The predicted octanol–water partition coefficient (Wildman–Crippen LogP) is 3.04. The fraction of sp³-hybridized carbons (Fsp3) is 0.526. The second-order valence-corrected chi connectivity index (χ2v) is 7.91. The van der Waals surface area contributed by atoms with Crippen molar-refractivity contribution in [1.82, 2.24) is 20.2 Å². The Morgan fingerprint density at radius 3 is 2.76 bits per heavy atom. The zero-order valence-electron chi connectivity index (χ0n) is 15.0. The maximum absolute atomic E-state index is 12.4. The van der Waals surface area contributed by atoms with Crippen molar-refractivity contribution >= 4 is 17.2 Å². The Balaban J connectivity index is 1.63. The smallest absolute Gasteiger partial charge is 0.225 e. The topological polar surface area (TPSA) is 58.1 Å². The number of hydrogen-bond donors (Lipinski definition) is 1. The molecule has 0 saturated carbocycles. The summed E-state index contributed by atoms with van der Waals surface area (Å²) >= 11 is 1.61. The third-order valence-corrected chi connectivity index (χ3v) is 5.79. The number of likely N-dealkylation sites (tertiary alicyclic amines) is 1. The van der Waals surface area contributed by atoms with E-state index in [1.807, 2.05) is 26.1 Å². The average Bonchev–Trinajstić information content (AvgIpc) is 2.94. The van der Waals surface area contributed by atoms with Crippen LogP contribution in [0.3, 0.4) is 0 Å². The molecule has 1 amide bonds. The molecule has 0 aromatic carbocycles. The molecule has 3 heterocycles. The Kier molecular flexibility index (Phi) is 6.15. The highest BCUT2D eigenvalue weighted by Gasteiger charge is 2.23. The van der Waals surface area contributed by atoms with E-state index in [4.69, 9.17) is 0 Å². The van der Waals surface area contributed by atoms with Crippen LogP contribution in [0.5, 0.6) is 0 Å². The number of carbonyl (C=O) groups is 1. The van der Waals surface area contributed by atoms with Gasteiger partial charge in [0, 0.05) is 23.8 Å². The molecule has 0 unspecified atom stereocenters. The lowest BCUT2D eigenvalue weighted by molar-refractivity contribution is -0.120. The summed E-state index contributed by atoms with van der Waals surface area (Å²) in [6.07, 6.45) is 7.88. The minimum atomic E-state index is 0.0673. The van der Waals surface area contributed by atoms with Gasteiger partial charge in [0.05, 0.1) is 23.2 Å². The average molecular weight is 359 g/mol. The van der Waals surface area contributed by atoms with Crippen molar-refractivity contribution in [3.63, 3.8) is 0 Å². The molecule has 1 atom stereocenters. The quantitative estimate of drug-likeness (QED) is 0.862. The number of nitrogens with one attached hydrogen (secondary N) is 1. The van der Waals surface area contributed by atoms with E-state index in [0.717, 1.165) is 28.7 Å². The molecule has 1 fully saturated rings. The van der Waals surface area contributed by atoms with E-state index in [0.29, 0.717) is 13.0 Å². The molecule has 1 aliphatic rings. The van der Waals surface area contributed by atoms with Gasteiger partial charge in [-0.05, 0) is 51.4 Å². The molecule has 3 rings (SSSR count). The summed E-state index contributed by atoms with van der Waals surface area (Å²) < 4.78 is 0. The van der Waals surface area contributed by atoms with Crippen molar-refractivity contribution in [2.75, 3.05) is 19.6 Å². The van der Waals surface area contributed by atoms with E-state index >= 15 is 0 Å². The van der Waals surface area contributed by atoms with Crippen molar-refractivity contribution in [3.05, 3.63) is 45.7 Å².